The monoisotopic (exact) mass is 245 g/mol. The maximum absolute atomic E-state index is 12.1. The fraction of sp³-hybridized carbons (Fsp3) is 0.214. The van der Waals surface area contributed by atoms with E-state index >= 15 is 0 Å². The third kappa shape index (κ3) is 2.81. The highest BCUT2D eigenvalue weighted by molar-refractivity contribution is 7.10. The summed E-state index contributed by atoms with van der Waals surface area (Å²) in [6, 6.07) is 11.3. The molecule has 0 spiro atoms. The quantitative estimate of drug-likeness (QED) is 0.842. The number of benzene rings is 1. The maximum Gasteiger partial charge on any atom is 0.180 e. The van der Waals surface area contributed by atoms with Crippen molar-refractivity contribution < 1.29 is 4.79 Å². The average molecular weight is 245 g/mol. The van der Waals surface area contributed by atoms with Gasteiger partial charge in [-0.25, -0.2) is 0 Å². The minimum Gasteiger partial charge on any atom is -0.321 e. The number of carbonyl (C=O) groups excluding carboxylic acids is 1. The molecule has 3 heteroatoms. The van der Waals surface area contributed by atoms with Gasteiger partial charge in [0.15, 0.2) is 5.78 Å². The number of nitrogens with two attached hydrogens (primary N) is 1. The number of hydrogen-bond acceptors (Lipinski definition) is 3. The molecule has 0 aliphatic rings. The van der Waals surface area contributed by atoms with Crippen molar-refractivity contribution in [3.63, 3.8) is 0 Å². The number of ketones is 1. The lowest BCUT2D eigenvalue weighted by molar-refractivity contribution is 0.0961. The van der Waals surface area contributed by atoms with E-state index in [2.05, 4.69) is 0 Å². The van der Waals surface area contributed by atoms with E-state index in [4.69, 9.17) is 5.73 Å². The highest BCUT2D eigenvalue weighted by atomic mass is 32.1. The number of carbonyl (C=O) groups is 1. The van der Waals surface area contributed by atoms with Crippen molar-refractivity contribution in [1.82, 2.24) is 0 Å². The van der Waals surface area contributed by atoms with Crippen LogP contribution in [0.4, 0.5) is 0 Å². The smallest absolute Gasteiger partial charge is 0.180 e. The Morgan fingerprint density at radius 3 is 2.59 bits per heavy atom. The molecule has 0 aliphatic carbocycles. The van der Waals surface area contributed by atoms with Gasteiger partial charge in [-0.15, -0.1) is 11.3 Å². The summed E-state index contributed by atoms with van der Waals surface area (Å²) in [4.78, 5) is 13.2. The SMILES string of the molecule is Cc1sccc1C(=O)C(N)Cc1ccccc1. The van der Waals surface area contributed by atoms with Crippen molar-refractivity contribution in [3.05, 3.63) is 57.8 Å². The first-order valence-electron chi connectivity index (χ1n) is 5.56. The van der Waals surface area contributed by atoms with E-state index in [0.29, 0.717) is 6.42 Å². The molecule has 2 N–H and O–H groups in total. The number of thiophene rings is 1. The molecule has 0 saturated heterocycles. The summed E-state index contributed by atoms with van der Waals surface area (Å²) in [6.07, 6.45) is 0.592. The van der Waals surface area contributed by atoms with Gasteiger partial charge in [0.2, 0.25) is 0 Å². The lowest BCUT2D eigenvalue weighted by Gasteiger charge is -2.10. The highest BCUT2D eigenvalue weighted by Crippen LogP contribution is 2.17. The molecule has 0 amide bonds. The zero-order chi connectivity index (χ0) is 12.3. The van der Waals surface area contributed by atoms with Gasteiger partial charge in [-0.3, -0.25) is 4.79 Å². The predicted molar refractivity (Wildman–Crippen MR) is 71.5 cm³/mol. The van der Waals surface area contributed by atoms with Gasteiger partial charge in [0.1, 0.15) is 0 Å². The third-order valence-electron chi connectivity index (χ3n) is 2.76. The molecule has 0 fully saturated rings. The molecule has 1 aromatic heterocycles. The molecule has 1 heterocycles. The molecule has 1 unspecified atom stereocenters. The van der Waals surface area contributed by atoms with Crippen molar-refractivity contribution in [1.29, 1.82) is 0 Å². The van der Waals surface area contributed by atoms with Crippen molar-refractivity contribution >= 4 is 17.1 Å². The minimum absolute atomic E-state index is 0.0348. The van der Waals surface area contributed by atoms with Crippen LogP contribution in [-0.2, 0) is 6.42 Å². The van der Waals surface area contributed by atoms with Crippen LogP contribution in [-0.4, -0.2) is 11.8 Å². The summed E-state index contributed by atoms with van der Waals surface area (Å²) in [5.41, 5.74) is 7.83. The summed E-state index contributed by atoms with van der Waals surface area (Å²) in [5, 5.41) is 1.93. The normalized spacial score (nSPS) is 12.4. The van der Waals surface area contributed by atoms with Gasteiger partial charge in [-0.05, 0) is 30.4 Å². The maximum atomic E-state index is 12.1. The van der Waals surface area contributed by atoms with E-state index in [1.165, 1.54) is 0 Å². The largest absolute Gasteiger partial charge is 0.321 e. The van der Waals surface area contributed by atoms with Gasteiger partial charge in [0.25, 0.3) is 0 Å². The van der Waals surface area contributed by atoms with Crippen molar-refractivity contribution in [3.8, 4) is 0 Å². The number of aryl methyl sites for hydroxylation is 1. The fourth-order valence-electron chi connectivity index (χ4n) is 1.80. The lowest BCUT2D eigenvalue weighted by atomic mass is 9.99. The van der Waals surface area contributed by atoms with Gasteiger partial charge in [0, 0.05) is 10.4 Å². The molecule has 1 aromatic carbocycles. The van der Waals surface area contributed by atoms with E-state index in [-0.39, 0.29) is 5.78 Å². The molecule has 0 bridgehead atoms. The summed E-state index contributed by atoms with van der Waals surface area (Å²) in [6.45, 7) is 1.95. The molecule has 0 saturated carbocycles. The van der Waals surface area contributed by atoms with Crippen LogP contribution in [0.25, 0.3) is 0 Å². The Bertz CT molecular complexity index is 504. The molecule has 0 radical (unpaired) electrons. The Kier molecular flexibility index (Phi) is 3.71. The standard InChI is InChI=1S/C14H15NOS/c1-10-12(7-8-17-10)14(16)13(15)9-11-5-3-2-4-6-11/h2-8,13H,9,15H2,1H3. The van der Waals surface area contributed by atoms with E-state index < -0.39 is 6.04 Å². The van der Waals surface area contributed by atoms with Gasteiger partial charge in [-0.1, -0.05) is 30.3 Å². The van der Waals surface area contributed by atoms with Crippen molar-refractivity contribution in [2.24, 2.45) is 5.73 Å². The van der Waals surface area contributed by atoms with Crippen LogP contribution in [0.15, 0.2) is 41.8 Å². The minimum atomic E-state index is -0.453. The Balaban J connectivity index is 2.09. The van der Waals surface area contributed by atoms with E-state index in [0.717, 1.165) is 16.0 Å². The highest BCUT2D eigenvalue weighted by Gasteiger charge is 2.18. The molecule has 2 rings (SSSR count). The second-order valence-electron chi connectivity index (χ2n) is 4.05. The average Bonchev–Trinajstić information content (AvgIpc) is 2.76. The van der Waals surface area contributed by atoms with E-state index in [1.54, 1.807) is 11.3 Å². The second-order valence-corrected chi connectivity index (χ2v) is 5.17. The van der Waals surface area contributed by atoms with Gasteiger partial charge in [-0.2, -0.15) is 0 Å². The zero-order valence-electron chi connectivity index (χ0n) is 9.72. The van der Waals surface area contributed by atoms with E-state index in [9.17, 15) is 4.79 Å². The van der Waals surface area contributed by atoms with Crippen LogP contribution in [0.5, 0.6) is 0 Å². The van der Waals surface area contributed by atoms with Crippen molar-refractivity contribution in [2.45, 2.75) is 19.4 Å². The predicted octanol–water partition coefficient (Wildman–Crippen LogP) is 2.81. The van der Waals surface area contributed by atoms with Crippen LogP contribution in [0.2, 0.25) is 0 Å². The fourth-order valence-corrected chi connectivity index (χ4v) is 2.50. The lowest BCUT2D eigenvalue weighted by Crippen LogP contribution is -2.32. The molecule has 2 nitrogen and oxygen atoms in total. The van der Waals surface area contributed by atoms with Crippen LogP contribution in [0, 0.1) is 6.92 Å². The first-order chi connectivity index (χ1) is 8.18. The van der Waals surface area contributed by atoms with Crippen molar-refractivity contribution in [2.75, 3.05) is 0 Å². The molecular formula is C14H15NOS. The molecule has 2 aromatic rings. The van der Waals surface area contributed by atoms with Gasteiger partial charge in [0.05, 0.1) is 6.04 Å². The van der Waals surface area contributed by atoms with Crippen LogP contribution in [0.3, 0.4) is 0 Å². The topological polar surface area (TPSA) is 43.1 Å². The van der Waals surface area contributed by atoms with Crippen LogP contribution in [0.1, 0.15) is 20.8 Å². The van der Waals surface area contributed by atoms with Crippen LogP contribution >= 0.6 is 11.3 Å². The molecular weight excluding hydrogens is 230 g/mol. The Labute approximate surface area is 105 Å². The molecule has 1 atom stereocenters. The first kappa shape index (κ1) is 12.0. The second kappa shape index (κ2) is 5.25. The zero-order valence-corrected chi connectivity index (χ0v) is 10.5. The first-order valence-corrected chi connectivity index (χ1v) is 6.44. The Morgan fingerprint density at radius 1 is 1.29 bits per heavy atom. The molecule has 0 aliphatic heterocycles. The van der Waals surface area contributed by atoms with E-state index in [1.807, 2.05) is 48.7 Å². The molecule has 17 heavy (non-hydrogen) atoms. The third-order valence-corrected chi connectivity index (χ3v) is 3.61. The number of rotatable bonds is 4. The summed E-state index contributed by atoms with van der Waals surface area (Å²) in [5.74, 6) is 0.0348. The number of Topliss-reactive ketones (excluding diaryl/α,β-unsaturated/α-hetero) is 1. The van der Waals surface area contributed by atoms with Crippen LogP contribution < -0.4 is 5.73 Å². The number of hydrogen-bond donors (Lipinski definition) is 1. The molecule has 88 valence electrons. The Hall–Kier alpha value is -1.45. The summed E-state index contributed by atoms with van der Waals surface area (Å²) < 4.78 is 0. The van der Waals surface area contributed by atoms with Gasteiger partial charge < -0.3 is 5.73 Å². The summed E-state index contributed by atoms with van der Waals surface area (Å²) >= 11 is 1.58. The van der Waals surface area contributed by atoms with Gasteiger partial charge >= 0.3 is 0 Å². The Morgan fingerprint density at radius 2 is 2.00 bits per heavy atom. The summed E-state index contributed by atoms with van der Waals surface area (Å²) in [7, 11) is 0.